The lowest BCUT2D eigenvalue weighted by Gasteiger charge is -2.17. The number of para-hydroxylation sites is 1. The van der Waals surface area contributed by atoms with Gasteiger partial charge in [-0.25, -0.2) is 9.97 Å². The molecule has 0 aliphatic carbocycles. The second-order valence-corrected chi connectivity index (χ2v) is 15.3. The molecular formula is C52H28N4O. The zero-order chi connectivity index (χ0) is 36.9. The number of benzene rings is 9. The highest BCUT2D eigenvalue weighted by Crippen LogP contribution is 2.49. The smallest absolute Gasteiger partial charge is 0.165 e. The molecule has 5 heteroatoms. The summed E-state index contributed by atoms with van der Waals surface area (Å²) >= 11 is 0. The molecule has 14 aromatic rings. The molecule has 0 unspecified atom stereocenters. The SMILES string of the molecule is c1ccc(-c2cccc(-c3nc4c5ccccc5c5ccccc5c4nc3-n3c4ccc5oc6ccc7c8ccccc8n8c9cccc3c9c4c5c6c78)c2)cc1. The van der Waals surface area contributed by atoms with Crippen LogP contribution in [0.3, 0.4) is 0 Å². The minimum atomic E-state index is 0.792. The van der Waals surface area contributed by atoms with Gasteiger partial charge in [0, 0.05) is 43.3 Å². The summed E-state index contributed by atoms with van der Waals surface area (Å²) in [4.78, 5) is 11.5. The average molecular weight is 725 g/mol. The van der Waals surface area contributed by atoms with Crippen LogP contribution in [0.1, 0.15) is 0 Å². The van der Waals surface area contributed by atoms with Crippen molar-refractivity contribution in [2.24, 2.45) is 0 Å². The summed E-state index contributed by atoms with van der Waals surface area (Å²) in [6.45, 7) is 0. The molecule has 57 heavy (non-hydrogen) atoms. The molecule has 0 bridgehead atoms. The molecular weight excluding hydrogens is 697 g/mol. The van der Waals surface area contributed by atoms with Gasteiger partial charge in [0.15, 0.2) is 5.82 Å². The van der Waals surface area contributed by atoms with Crippen LogP contribution in [0, 0.1) is 0 Å². The van der Waals surface area contributed by atoms with Gasteiger partial charge in [0.25, 0.3) is 0 Å². The van der Waals surface area contributed by atoms with Crippen molar-refractivity contribution in [2.75, 3.05) is 0 Å². The summed E-state index contributed by atoms with van der Waals surface area (Å²) in [5.74, 6) is 0.792. The van der Waals surface area contributed by atoms with E-state index in [4.69, 9.17) is 14.4 Å². The zero-order valence-corrected chi connectivity index (χ0v) is 30.4. The number of nitrogens with zero attached hydrogens (tertiary/aromatic N) is 4. The molecule has 0 spiro atoms. The first-order chi connectivity index (χ1) is 28.3. The summed E-state index contributed by atoms with van der Waals surface area (Å²) in [6, 6.07) is 60.7. The number of fused-ring (bicyclic) bond motifs is 10. The van der Waals surface area contributed by atoms with Crippen molar-refractivity contribution in [1.29, 1.82) is 0 Å². The van der Waals surface area contributed by atoms with Gasteiger partial charge in [-0.15, -0.1) is 0 Å². The Kier molecular flexibility index (Phi) is 5.45. The maximum atomic E-state index is 6.70. The van der Waals surface area contributed by atoms with E-state index in [-0.39, 0.29) is 0 Å². The summed E-state index contributed by atoms with van der Waals surface area (Å²) < 4.78 is 11.5. The van der Waals surface area contributed by atoms with Crippen LogP contribution in [0.2, 0.25) is 0 Å². The molecule has 9 aromatic carbocycles. The molecule has 5 heterocycles. The van der Waals surface area contributed by atoms with Gasteiger partial charge in [-0.3, -0.25) is 4.57 Å². The Morgan fingerprint density at radius 1 is 0.368 bits per heavy atom. The van der Waals surface area contributed by atoms with Gasteiger partial charge in [-0.2, -0.15) is 0 Å². The Hall–Kier alpha value is -7.76. The monoisotopic (exact) mass is 724 g/mol. The summed E-state index contributed by atoms with van der Waals surface area (Å²) in [5.41, 5.74) is 13.3. The molecule has 0 amide bonds. The first kappa shape index (κ1) is 29.6. The van der Waals surface area contributed by atoms with Gasteiger partial charge in [-0.05, 0) is 70.4 Å². The van der Waals surface area contributed by atoms with E-state index in [0.717, 1.165) is 88.5 Å². The minimum Gasteiger partial charge on any atom is -0.456 e. The maximum Gasteiger partial charge on any atom is 0.165 e. The highest BCUT2D eigenvalue weighted by atomic mass is 16.3. The van der Waals surface area contributed by atoms with Crippen molar-refractivity contribution in [2.45, 2.75) is 0 Å². The predicted octanol–water partition coefficient (Wildman–Crippen LogP) is 13.7. The molecule has 0 atom stereocenters. The molecule has 0 aliphatic heterocycles. The fraction of sp³-hybridized carbons (Fsp3) is 0. The van der Waals surface area contributed by atoms with Crippen LogP contribution in [-0.2, 0) is 0 Å². The molecule has 0 saturated heterocycles. The van der Waals surface area contributed by atoms with Crippen LogP contribution in [0.4, 0.5) is 0 Å². The van der Waals surface area contributed by atoms with Gasteiger partial charge in [0.2, 0.25) is 0 Å². The van der Waals surface area contributed by atoms with Crippen LogP contribution < -0.4 is 0 Å². The van der Waals surface area contributed by atoms with E-state index in [1.807, 2.05) is 0 Å². The van der Waals surface area contributed by atoms with Crippen molar-refractivity contribution in [3.63, 3.8) is 0 Å². The fourth-order valence-electron chi connectivity index (χ4n) is 10.1. The van der Waals surface area contributed by atoms with E-state index in [2.05, 4.69) is 179 Å². The number of hydrogen-bond acceptors (Lipinski definition) is 3. The zero-order valence-electron chi connectivity index (χ0n) is 30.4. The molecule has 5 nitrogen and oxygen atoms in total. The lowest BCUT2D eigenvalue weighted by atomic mass is 9.98. The van der Waals surface area contributed by atoms with Gasteiger partial charge < -0.3 is 8.82 Å². The van der Waals surface area contributed by atoms with E-state index >= 15 is 0 Å². The quantitative estimate of drug-likeness (QED) is 0.170. The number of furan rings is 1. The third kappa shape index (κ3) is 3.69. The number of rotatable bonds is 3. The number of aromatic nitrogens is 4. The average Bonchev–Trinajstić information content (AvgIpc) is 3.91. The lowest BCUT2D eigenvalue weighted by molar-refractivity contribution is 0.669. The Labute approximate surface area is 323 Å². The summed E-state index contributed by atoms with van der Waals surface area (Å²) in [7, 11) is 0. The third-order valence-corrected chi connectivity index (χ3v) is 12.4. The van der Waals surface area contributed by atoms with Crippen molar-refractivity contribution in [3.8, 4) is 28.2 Å². The predicted molar refractivity (Wildman–Crippen MR) is 235 cm³/mol. The van der Waals surface area contributed by atoms with E-state index in [1.165, 1.54) is 43.4 Å². The van der Waals surface area contributed by atoms with E-state index in [1.54, 1.807) is 0 Å². The first-order valence-electron chi connectivity index (χ1n) is 19.4. The Morgan fingerprint density at radius 2 is 0.965 bits per heavy atom. The Bertz CT molecular complexity index is 3980. The molecule has 0 saturated carbocycles. The summed E-state index contributed by atoms with van der Waals surface area (Å²) in [6.07, 6.45) is 0. The highest BCUT2D eigenvalue weighted by molar-refractivity contribution is 6.37. The van der Waals surface area contributed by atoms with E-state index in [0.29, 0.717) is 0 Å². The van der Waals surface area contributed by atoms with Gasteiger partial charge in [-0.1, -0.05) is 121 Å². The molecule has 0 fully saturated rings. The second-order valence-electron chi connectivity index (χ2n) is 15.3. The highest BCUT2D eigenvalue weighted by Gasteiger charge is 2.28. The van der Waals surface area contributed by atoms with E-state index < -0.39 is 0 Å². The summed E-state index contributed by atoms with van der Waals surface area (Å²) in [5, 5.41) is 11.6. The number of hydrogen-bond donors (Lipinski definition) is 0. The van der Waals surface area contributed by atoms with Crippen molar-refractivity contribution in [3.05, 3.63) is 170 Å². The Morgan fingerprint density at radius 3 is 1.79 bits per heavy atom. The lowest BCUT2D eigenvalue weighted by Crippen LogP contribution is -2.04. The van der Waals surface area contributed by atoms with Crippen molar-refractivity contribution in [1.82, 2.24) is 18.9 Å². The normalized spacial score (nSPS) is 12.6. The largest absolute Gasteiger partial charge is 0.456 e. The van der Waals surface area contributed by atoms with Crippen molar-refractivity contribution < 1.29 is 4.42 Å². The Balaban J connectivity index is 1.21. The van der Waals surface area contributed by atoms with Gasteiger partial charge >= 0.3 is 0 Å². The van der Waals surface area contributed by atoms with E-state index in [9.17, 15) is 0 Å². The van der Waals surface area contributed by atoms with Gasteiger partial charge in [0.05, 0.1) is 44.0 Å². The molecule has 0 N–H and O–H groups in total. The first-order valence-corrected chi connectivity index (χ1v) is 19.4. The van der Waals surface area contributed by atoms with Crippen LogP contribution >= 0.6 is 0 Å². The van der Waals surface area contributed by atoms with Gasteiger partial charge in [0.1, 0.15) is 16.9 Å². The minimum absolute atomic E-state index is 0.792. The van der Waals surface area contributed by atoms with Crippen LogP contribution in [-0.4, -0.2) is 18.9 Å². The maximum absolute atomic E-state index is 6.70. The molecule has 0 radical (unpaired) electrons. The third-order valence-electron chi connectivity index (χ3n) is 12.4. The second kappa shape index (κ2) is 10.5. The van der Waals surface area contributed by atoms with Crippen LogP contribution in [0.15, 0.2) is 174 Å². The van der Waals surface area contributed by atoms with Crippen LogP contribution in [0.5, 0.6) is 0 Å². The fourth-order valence-corrected chi connectivity index (χ4v) is 10.1. The molecule has 0 aliphatic rings. The molecule has 5 aromatic heterocycles. The topological polar surface area (TPSA) is 48.3 Å². The standard InChI is InChI=1S/C52H28N4O/c1-2-12-29(13-3-1)30-14-10-15-31(28-30)48-52(54-50-36-20-7-5-17-33(36)32-16-4-6-19-35(32)49(50)53-48)56-40-23-11-22-39-44(40)45-41(56)25-27-42-46(45)47-43(57-42)26-24-37-34-18-8-9-21-38(34)55(39)51(37)47/h1-28H. The molecule has 262 valence electrons. The van der Waals surface area contributed by atoms with Crippen LogP contribution in [0.25, 0.3) is 132 Å². The van der Waals surface area contributed by atoms with Crippen molar-refractivity contribution >= 4 is 104 Å². The molecule has 14 rings (SSSR count).